The van der Waals surface area contributed by atoms with Gasteiger partial charge in [-0.3, -0.25) is 9.59 Å². The van der Waals surface area contributed by atoms with Gasteiger partial charge >= 0.3 is 12.1 Å². The molecular weight excluding hydrogens is 494 g/mol. The van der Waals surface area contributed by atoms with Crippen LogP contribution in [0.3, 0.4) is 0 Å². The first-order chi connectivity index (χ1) is 17.3. The molecule has 1 aromatic carbocycles. The zero-order valence-corrected chi connectivity index (χ0v) is 20.8. The Kier molecular flexibility index (Phi) is 7.24. The lowest BCUT2D eigenvalue weighted by Gasteiger charge is -2.31. The molecule has 1 amide bonds. The van der Waals surface area contributed by atoms with Crippen molar-refractivity contribution in [2.45, 2.75) is 77.1 Å². The molecule has 37 heavy (non-hydrogen) atoms. The number of esters is 1. The van der Waals surface area contributed by atoms with Gasteiger partial charge in [-0.1, -0.05) is 13.8 Å². The van der Waals surface area contributed by atoms with Crippen molar-refractivity contribution in [2.75, 3.05) is 11.9 Å². The summed E-state index contributed by atoms with van der Waals surface area (Å²) in [5, 5.41) is 7.00. The van der Waals surface area contributed by atoms with E-state index in [0.29, 0.717) is 44.2 Å². The molecule has 1 fully saturated rings. The molecule has 202 valence electrons. The van der Waals surface area contributed by atoms with Crippen LogP contribution in [0.5, 0.6) is 0 Å². The number of benzene rings is 1. The second-order valence-corrected chi connectivity index (χ2v) is 10.6. The normalized spacial score (nSPS) is 21.3. The molecule has 0 radical (unpaired) electrons. The number of primary amides is 1. The predicted octanol–water partition coefficient (Wildman–Crippen LogP) is 3.87. The Morgan fingerprint density at radius 1 is 1.22 bits per heavy atom. The number of aromatic nitrogens is 2. The van der Waals surface area contributed by atoms with E-state index in [1.807, 2.05) is 13.8 Å². The van der Waals surface area contributed by atoms with Gasteiger partial charge < -0.3 is 21.5 Å². The molecule has 5 N–H and O–H groups in total. The summed E-state index contributed by atoms with van der Waals surface area (Å²) in [6.07, 6.45) is -1.65. The number of hydrogen-bond donors (Lipinski definition) is 3. The van der Waals surface area contributed by atoms with Gasteiger partial charge in [0.25, 0.3) is 5.91 Å². The third-order valence-corrected chi connectivity index (χ3v) is 7.12. The number of hydrogen-bond acceptors (Lipinski definition) is 6. The Morgan fingerprint density at radius 2 is 1.89 bits per heavy atom. The van der Waals surface area contributed by atoms with Crippen LogP contribution in [-0.4, -0.2) is 40.3 Å². The van der Waals surface area contributed by atoms with Crippen molar-refractivity contribution in [3.63, 3.8) is 0 Å². The van der Waals surface area contributed by atoms with Crippen molar-refractivity contribution >= 4 is 17.6 Å². The number of halogens is 4. The summed E-state index contributed by atoms with van der Waals surface area (Å²) in [5.41, 5.74) is 9.77. The average molecular weight is 526 g/mol. The van der Waals surface area contributed by atoms with Crippen LogP contribution in [0.4, 0.5) is 23.2 Å². The number of ether oxygens (including phenoxy) is 1. The van der Waals surface area contributed by atoms with Crippen molar-refractivity contribution in [1.29, 1.82) is 0 Å². The summed E-state index contributed by atoms with van der Waals surface area (Å²) in [4.78, 5) is 23.5. The van der Waals surface area contributed by atoms with Crippen LogP contribution in [-0.2, 0) is 28.5 Å². The summed E-state index contributed by atoms with van der Waals surface area (Å²) >= 11 is 0. The fraction of sp³-hybridized carbons (Fsp3) is 0.560. The van der Waals surface area contributed by atoms with Crippen LogP contribution in [0.2, 0.25) is 0 Å². The van der Waals surface area contributed by atoms with E-state index in [-0.39, 0.29) is 53.0 Å². The number of fused-ring (bicyclic) bond motifs is 1. The minimum atomic E-state index is -4.66. The maximum atomic E-state index is 15.2. The molecule has 1 heterocycles. The van der Waals surface area contributed by atoms with Gasteiger partial charge in [0.05, 0.1) is 23.5 Å². The minimum Gasteiger partial charge on any atom is -0.461 e. The number of rotatable bonds is 6. The molecule has 2 aliphatic carbocycles. The highest BCUT2D eigenvalue weighted by Gasteiger charge is 2.42. The first kappa shape index (κ1) is 26.9. The lowest BCUT2D eigenvalue weighted by atomic mass is 9.76. The van der Waals surface area contributed by atoms with Gasteiger partial charge in [0, 0.05) is 23.4 Å². The second-order valence-electron chi connectivity index (χ2n) is 10.6. The SMILES string of the molecule is CC1(C)CCc2c(C(F)(F)F)nn(-c3cc(F)c(C(N)=O)c(N[C@H]4CC[C@H](OC(=O)CN)CC4)c3)c2C1. The molecule has 0 aliphatic heterocycles. The van der Waals surface area contributed by atoms with E-state index in [9.17, 15) is 22.8 Å². The highest BCUT2D eigenvalue weighted by Crippen LogP contribution is 2.42. The zero-order chi connectivity index (χ0) is 27.1. The monoisotopic (exact) mass is 525 g/mol. The van der Waals surface area contributed by atoms with E-state index in [0.717, 1.165) is 10.7 Å². The smallest absolute Gasteiger partial charge is 0.435 e. The topological polar surface area (TPSA) is 125 Å². The number of amides is 1. The third kappa shape index (κ3) is 5.73. The van der Waals surface area contributed by atoms with Crippen molar-refractivity contribution in [3.8, 4) is 5.69 Å². The minimum absolute atomic E-state index is 0.0695. The Hall–Kier alpha value is -3.15. The highest BCUT2D eigenvalue weighted by molar-refractivity contribution is 5.99. The molecule has 2 aromatic rings. The van der Waals surface area contributed by atoms with Gasteiger partial charge in [-0.05, 0) is 56.4 Å². The molecule has 1 aromatic heterocycles. The molecule has 0 saturated heterocycles. The molecule has 0 atom stereocenters. The van der Waals surface area contributed by atoms with Gasteiger partial charge in [-0.25, -0.2) is 9.07 Å². The summed E-state index contributed by atoms with van der Waals surface area (Å²) in [6.45, 7) is 3.72. The van der Waals surface area contributed by atoms with Gasteiger partial charge in [-0.2, -0.15) is 18.3 Å². The van der Waals surface area contributed by atoms with Crippen LogP contribution < -0.4 is 16.8 Å². The Labute approximate surface area is 211 Å². The van der Waals surface area contributed by atoms with Crippen LogP contribution in [0.25, 0.3) is 5.69 Å². The lowest BCUT2D eigenvalue weighted by Crippen LogP contribution is -2.33. The maximum absolute atomic E-state index is 15.2. The van der Waals surface area contributed by atoms with E-state index in [2.05, 4.69) is 10.4 Å². The second kappa shape index (κ2) is 9.96. The molecule has 0 bridgehead atoms. The van der Waals surface area contributed by atoms with Crippen LogP contribution >= 0.6 is 0 Å². The number of carbonyl (C=O) groups is 2. The van der Waals surface area contributed by atoms with E-state index in [4.69, 9.17) is 16.2 Å². The highest BCUT2D eigenvalue weighted by atomic mass is 19.4. The van der Waals surface area contributed by atoms with Crippen molar-refractivity contribution < 1.29 is 31.9 Å². The summed E-state index contributed by atoms with van der Waals surface area (Å²) in [5.74, 6) is -2.45. The largest absolute Gasteiger partial charge is 0.461 e. The fourth-order valence-corrected chi connectivity index (χ4v) is 5.23. The standard InChI is InChI=1S/C25H31F4N5O3/c1-24(2)8-7-16-19(11-24)34(33-22(16)25(27,28)29)14-9-17(26)21(23(31)36)18(10-14)32-13-3-5-15(6-4-13)37-20(35)12-30/h9-10,13,15,32H,3-8,11-12,30H2,1-2H3,(H2,31,36)/t13-,15-. The number of nitrogens with two attached hydrogens (primary N) is 2. The van der Waals surface area contributed by atoms with Gasteiger partial charge in [-0.15, -0.1) is 0 Å². The van der Waals surface area contributed by atoms with Crippen LogP contribution in [0, 0.1) is 11.2 Å². The maximum Gasteiger partial charge on any atom is 0.435 e. The first-order valence-electron chi connectivity index (χ1n) is 12.3. The van der Waals surface area contributed by atoms with Gasteiger partial charge in [0.1, 0.15) is 11.9 Å². The zero-order valence-electron chi connectivity index (χ0n) is 20.8. The molecule has 0 unspecified atom stereocenters. The van der Waals surface area contributed by atoms with Crippen LogP contribution in [0.1, 0.15) is 73.3 Å². The Morgan fingerprint density at radius 3 is 2.49 bits per heavy atom. The lowest BCUT2D eigenvalue weighted by molar-refractivity contribution is -0.148. The Balaban J connectivity index is 1.69. The van der Waals surface area contributed by atoms with Crippen molar-refractivity contribution in [3.05, 3.63) is 40.5 Å². The molecule has 1 saturated carbocycles. The molecule has 2 aliphatic rings. The fourth-order valence-electron chi connectivity index (χ4n) is 5.23. The third-order valence-electron chi connectivity index (χ3n) is 7.12. The quantitative estimate of drug-likeness (QED) is 0.389. The number of carbonyl (C=O) groups excluding carboxylic acids is 2. The molecule has 4 rings (SSSR count). The summed E-state index contributed by atoms with van der Waals surface area (Å²) in [7, 11) is 0. The predicted molar refractivity (Wildman–Crippen MR) is 128 cm³/mol. The molecular formula is C25H31F4N5O3. The molecule has 0 spiro atoms. The van der Waals surface area contributed by atoms with E-state index in [1.165, 1.54) is 6.07 Å². The van der Waals surface area contributed by atoms with E-state index in [1.54, 1.807) is 0 Å². The van der Waals surface area contributed by atoms with E-state index < -0.39 is 29.6 Å². The first-order valence-corrected chi connectivity index (χ1v) is 12.3. The van der Waals surface area contributed by atoms with Gasteiger partial charge in [0.15, 0.2) is 5.69 Å². The number of anilines is 1. The number of nitrogens with one attached hydrogen (secondary N) is 1. The number of alkyl halides is 3. The molecule has 8 nitrogen and oxygen atoms in total. The van der Waals surface area contributed by atoms with Gasteiger partial charge in [0.2, 0.25) is 0 Å². The van der Waals surface area contributed by atoms with Crippen molar-refractivity contribution in [2.24, 2.45) is 16.9 Å². The summed E-state index contributed by atoms with van der Waals surface area (Å²) < 4.78 is 63.0. The van der Waals surface area contributed by atoms with E-state index >= 15 is 4.39 Å². The summed E-state index contributed by atoms with van der Waals surface area (Å²) in [6, 6.07) is 2.21. The number of nitrogens with zero attached hydrogens (tertiary/aromatic N) is 2. The van der Waals surface area contributed by atoms with Crippen molar-refractivity contribution in [1.82, 2.24) is 9.78 Å². The molecule has 12 heteroatoms. The van der Waals surface area contributed by atoms with Crippen LogP contribution in [0.15, 0.2) is 12.1 Å². The average Bonchev–Trinajstić information content (AvgIpc) is 3.17. The Bertz CT molecular complexity index is 1200.